The Hall–Kier alpha value is -1.13. The topological polar surface area (TPSA) is 51.2 Å². The molecule has 0 saturated heterocycles. The van der Waals surface area contributed by atoms with Crippen molar-refractivity contribution in [2.24, 2.45) is 0 Å². The lowest BCUT2D eigenvalue weighted by atomic mass is 10.1. The number of hydrogen-bond donors (Lipinski definition) is 0. The summed E-state index contributed by atoms with van der Waals surface area (Å²) >= 11 is 5.82. The van der Waals surface area contributed by atoms with E-state index >= 15 is 0 Å². The molecule has 0 bridgehead atoms. The van der Waals surface area contributed by atoms with Crippen molar-refractivity contribution in [1.29, 1.82) is 0 Å². The predicted molar refractivity (Wildman–Crippen MR) is 57.3 cm³/mol. The van der Waals surface area contributed by atoms with Crippen LogP contribution in [0.5, 0.6) is 0 Å². The molecule has 1 aromatic carbocycles. The Bertz CT molecular complexity index is 558. The lowest BCUT2D eigenvalue weighted by molar-refractivity contribution is -0.107. The molecule has 0 amide bonds. The highest BCUT2D eigenvalue weighted by Crippen LogP contribution is 2.38. The van der Waals surface area contributed by atoms with E-state index in [0.29, 0.717) is 17.4 Å². The van der Waals surface area contributed by atoms with Gasteiger partial charge in [0.25, 0.3) is 0 Å². The van der Waals surface area contributed by atoms with Gasteiger partial charge < -0.3 is 4.79 Å². The van der Waals surface area contributed by atoms with Gasteiger partial charge >= 0.3 is 0 Å². The Kier molecular flexibility index (Phi) is 2.40. The third-order valence-electron chi connectivity index (χ3n) is 2.20. The summed E-state index contributed by atoms with van der Waals surface area (Å²) in [6, 6.07) is 4.84. The van der Waals surface area contributed by atoms with E-state index in [4.69, 9.17) is 11.6 Å². The van der Waals surface area contributed by atoms with Crippen molar-refractivity contribution in [2.45, 2.75) is 11.3 Å². The van der Waals surface area contributed by atoms with Gasteiger partial charge in [-0.25, -0.2) is 8.42 Å². The van der Waals surface area contributed by atoms with E-state index in [0.717, 1.165) is 5.41 Å². The zero-order valence-electron chi connectivity index (χ0n) is 7.60. The number of carbonyl (C=O) groups is 1. The van der Waals surface area contributed by atoms with Crippen LogP contribution in [-0.2, 0) is 14.6 Å². The van der Waals surface area contributed by atoms with Gasteiger partial charge in [0.05, 0.1) is 9.92 Å². The zero-order valence-corrected chi connectivity index (χ0v) is 9.18. The van der Waals surface area contributed by atoms with Crippen LogP contribution in [0.1, 0.15) is 12.0 Å². The second-order valence-corrected chi connectivity index (χ2v) is 5.32. The van der Waals surface area contributed by atoms with Crippen molar-refractivity contribution < 1.29 is 13.2 Å². The summed E-state index contributed by atoms with van der Waals surface area (Å²) in [7, 11) is -3.46. The molecule has 1 heterocycles. The monoisotopic (exact) mass is 242 g/mol. The molecular formula is C10H7ClO3S. The fourth-order valence-corrected chi connectivity index (χ4v) is 3.67. The third kappa shape index (κ3) is 1.60. The maximum Gasteiger partial charge on any atom is 0.202 e. The molecule has 1 aliphatic rings. The summed E-state index contributed by atoms with van der Waals surface area (Å²) in [5, 5.41) is 1.31. The first-order valence-electron chi connectivity index (χ1n) is 4.24. The Balaban J connectivity index is 2.73. The number of sulfone groups is 1. The molecular weight excluding hydrogens is 236 g/mol. The molecule has 0 aliphatic carbocycles. The van der Waals surface area contributed by atoms with Crippen molar-refractivity contribution in [2.75, 3.05) is 0 Å². The average Bonchev–Trinajstić information content (AvgIpc) is 2.40. The summed E-state index contributed by atoms with van der Waals surface area (Å²) in [4.78, 5) is 10.5. The second kappa shape index (κ2) is 3.47. The van der Waals surface area contributed by atoms with Gasteiger partial charge in [-0.3, -0.25) is 0 Å². The number of benzene rings is 1. The third-order valence-corrected chi connectivity index (χ3v) is 4.23. The molecule has 0 saturated carbocycles. The first kappa shape index (κ1) is 10.4. The van der Waals surface area contributed by atoms with E-state index in [9.17, 15) is 13.2 Å². The fourth-order valence-electron chi connectivity index (χ4n) is 1.61. The second-order valence-electron chi connectivity index (χ2n) is 3.18. The number of hydrogen-bond acceptors (Lipinski definition) is 3. The highest BCUT2D eigenvalue weighted by molar-refractivity contribution is 7.95. The molecule has 1 aliphatic heterocycles. The Labute approximate surface area is 92.3 Å². The van der Waals surface area contributed by atoms with Gasteiger partial charge in [-0.05, 0) is 17.2 Å². The highest BCUT2D eigenvalue weighted by Gasteiger charge is 2.28. The highest BCUT2D eigenvalue weighted by atomic mass is 35.5. The predicted octanol–water partition coefficient (Wildman–Crippen LogP) is 2.06. The zero-order chi connectivity index (χ0) is 11.1. The van der Waals surface area contributed by atoms with E-state index in [1.165, 1.54) is 6.07 Å². The SMILES string of the molecule is O=CCC1=CS(=O)(=O)c2c(Cl)cccc21. The molecule has 0 unspecified atom stereocenters. The van der Waals surface area contributed by atoms with E-state index in [1.54, 1.807) is 12.1 Å². The molecule has 1 aromatic rings. The molecule has 3 nitrogen and oxygen atoms in total. The molecule has 78 valence electrons. The molecule has 0 spiro atoms. The van der Waals surface area contributed by atoms with Crippen molar-refractivity contribution >= 4 is 33.3 Å². The van der Waals surface area contributed by atoms with Crippen molar-refractivity contribution in [3.8, 4) is 0 Å². The van der Waals surface area contributed by atoms with E-state index < -0.39 is 9.84 Å². The molecule has 5 heteroatoms. The summed E-state index contributed by atoms with van der Waals surface area (Å²) in [6.07, 6.45) is 0.768. The normalized spacial score (nSPS) is 17.0. The maximum absolute atomic E-state index is 11.7. The van der Waals surface area contributed by atoms with Gasteiger partial charge in [-0.15, -0.1) is 0 Å². The molecule has 0 radical (unpaired) electrons. The molecule has 15 heavy (non-hydrogen) atoms. The maximum atomic E-state index is 11.7. The summed E-state index contributed by atoms with van der Waals surface area (Å²) in [6.45, 7) is 0. The first-order chi connectivity index (χ1) is 7.06. The van der Waals surface area contributed by atoms with Crippen LogP contribution in [0.3, 0.4) is 0 Å². The van der Waals surface area contributed by atoms with Crippen LogP contribution in [0, 0.1) is 0 Å². The van der Waals surface area contributed by atoms with Gasteiger partial charge in [0.15, 0.2) is 0 Å². The molecule has 0 N–H and O–H groups in total. The quantitative estimate of drug-likeness (QED) is 0.746. The minimum Gasteiger partial charge on any atom is -0.303 e. The van der Waals surface area contributed by atoms with E-state index in [2.05, 4.69) is 0 Å². The van der Waals surface area contributed by atoms with Crippen LogP contribution in [-0.4, -0.2) is 14.7 Å². The van der Waals surface area contributed by atoms with E-state index in [-0.39, 0.29) is 16.3 Å². The van der Waals surface area contributed by atoms with Crippen molar-refractivity contribution in [3.63, 3.8) is 0 Å². The smallest absolute Gasteiger partial charge is 0.202 e. The Morgan fingerprint density at radius 3 is 2.73 bits per heavy atom. The lowest BCUT2D eigenvalue weighted by Crippen LogP contribution is -1.94. The van der Waals surface area contributed by atoms with Gasteiger partial charge in [0, 0.05) is 11.8 Å². The number of aldehydes is 1. The fraction of sp³-hybridized carbons (Fsp3) is 0.100. The Morgan fingerprint density at radius 2 is 2.07 bits per heavy atom. The standard InChI is InChI=1S/C10H7ClO3S/c11-9-3-1-2-8-7(4-5-12)6-15(13,14)10(8)9/h1-3,5-6H,4H2. The van der Waals surface area contributed by atoms with Gasteiger partial charge in [0.2, 0.25) is 9.84 Å². The average molecular weight is 243 g/mol. The van der Waals surface area contributed by atoms with Gasteiger partial charge in [0.1, 0.15) is 6.29 Å². The van der Waals surface area contributed by atoms with Crippen LogP contribution < -0.4 is 0 Å². The van der Waals surface area contributed by atoms with Crippen LogP contribution in [0.25, 0.3) is 5.57 Å². The summed E-state index contributed by atoms with van der Waals surface area (Å²) in [5.74, 6) is 0. The van der Waals surface area contributed by atoms with Crippen LogP contribution in [0.2, 0.25) is 5.02 Å². The summed E-state index contributed by atoms with van der Waals surface area (Å²) in [5.41, 5.74) is 1.04. The molecule has 0 aromatic heterocycles. The number of fused-ring (bicyclic) bond motifs is 1. The largest absolute Gasteiger partial charge is 0.303 e. The number of carbonyl (C=O) groups excluding carboxylic acids is 1. The summed E-state index contributed by atoms with van der Waals surface area (Å²) < 4.78 is 23.4. The van der Waals surface area contributed by atoms with Gasteiger partial charge in [-0.2, -0.15) is 0 Å². The number of halogens is 1. The van der Waals surface area contributed by atoms with Gasteiger partial charge in [-0.1, -0.05) is 23.7 Å². The van der Waals surface area contributed by atoms with Crippen LogP contribution in [0.15, 0.2) is 28.5 Å². The molecule has 0 fully saturated rings. The number of allylic oxidation sites excluding steroid dienone is 1. The minimum absolute atomic E-state index is 0.0899. The lowest BCUT2D eigenvalue weighted by Gasteiger charge is -2.02. The molecule has 2 rings (SSSR count). The van der Waals surface area contributed by atoms with Crippen molar-refractivity contribution in [1.82, 2.24) is 0 Å². The van der Waals surface area contributed by atoms with Crippen LogP contribution in [0.4, 0.5) is 0 Å². The number of rotatable bonds is 2. The van der Waals surface area contributed by atoms with E-state index in [1.807, 2.05) is 0 Å². The first-order valence-corrected chi connectivity index (χ1v) is 6.17. The Morgan fingerprint density at radius 1 is 1.33 bits per heavy atom. The molecule has 0 atom stereocenters. The van der Waals surface area contributed by atoms with Crippen molar-refractivity contribution in [3.05, 3.63) is 34.2 Å². The van der Waals surface area contributed by atoms with Crippen LogP contribution >= 0.6 is 11.6 Å². The minimum atomic E-state index is -3.46.